The van der Waals surface area contributed by atoms with Crippen molar-refractivity contribution in [1.82, 2.24) is 9.55 Å². The molecule has 3 aromatic rings. The number of aromatic amines is 1. The molecule has 0 unspecified atom stereocenters. The highest BCUT2D eigenvalue weighted by molar-refractivity contribution is 6.23. The Bertz CT molecular complexity index is 1400. The third kappa shape index (κ3) is 3.30. The minimum atomic E-state index is -0.639. The number of rotatable bonds is 6. The molecule has 8 heteroatoms. The molecule has 1 atom stereocenters. The quantitative estimate of drug-likeness (QED) is 0.566. The minimum absolute atomic E-state index is 0.129. The molecule has 0 saturated carbocycles. The molecule has 2 aliphatic rings. The predicted octanol–water partition coefficient (Wildman–Crippen LogP) is 2.75. The Morgan fingerprint density at radius 2 is 1.70 bits per heavy atom. The van der Waals surface area contributed by atoms with Crippen LogP contribution in [0.15, 0.2) is 63.7 Å². The fourth-order valence-electron chi connectivity index (χ4n) is 4.67. The van der Waals surface area contributed by atoms with Crippen molar-refractivity contribution in [1.29, 1.82) is 0 Å². The van der Waals surface area contributed by atoms with Crippen LogP contribution in [0.3, 0.4) is 0 Å². The van der Waals surface area contributed by atoms with Gasteiger partial charge in [0.05, 0.1) is 18.4 Å². The molecule has 2 heterocycles. The number of allylic oxidation sites excluding steroid dienone is 1. The molecule has 0 fully saturated rings. The van der Waals surface area contributed by atoms with E-state index in [-0.39, 0.29) is 5.78 Å². The highest BCUT2D eigenvalue weighted by atomic mass is 16.5. The van der Waals surface area contributed by atoms with Crippen molar-refractivity contribution in [3.05, 3.63) is 97.2 Å². The average Bonchev–Trinajstić information content (AvgIpc) is 3.12. The third-order valence-corrected chi connectivity index (χ3v) is 6.19. The smallest absolute Gasteiger partial charge is 0.329 e. The van der Waals surface area contributed by atoms with E-state index < -0.39 is 17.2 Å². The number of nitrogens with one attached hydrogen (secondary N) is 2. The summed E-state index contributed by atoms with van der Waals surface area (Å²) in [6.45, 7) is 0.823. The molecular weight excluding hydrogens is 422 g/mol. The van der Waals surface area contributed by atoms with Crippen molar-refractivity contribution in [3.8, 4) is 5.75 Å². The van der Waals surface area contributed by atoms with Crippen LogP contribution in [0.1, 0.15) is 39.4 Å². The zero-order chi connectivity index (χ0) is 23.1. The van der Waals surface area contributed by atoms with Gasteiger partial charge in [0.1, 0.15) is 11.6 Å². The van der Waals surface area contributed by atoms with Gasteiger partial charge in [-0.1, -0.05) is 36.4 Å². The Balaban J connectivity index is 1.77. The van der Waals surface area contributed by atoms with Crippen LogP contribution in [0.4, 0.5) is 5.82 Å². The van der Waals surface area contributed by atoms with Crippen LogP contribution in [0, 0.1) is 0 Å². The second-order valence-corrected chi connectivity index (χ2v) is 8.01. The Morgan fingerprint density at radius 1 is 0.970 bits per heavy atom. The summed E-state index contributed by atoms with van der Waals surface area (Å²) in [5.74, 6) is 0.307. The number of hydrogen-bond acceptors (Lipinski definition) is 6. The first kappa shape index (κ1) is 21.0. The van der Waals surface area contributed by atoms with Crippen LogP contribution in [-0.4, -0.2) is 36.2 Å². The summed E-state index contributed by atoms with van der Waals surface area (Å²) in [6.07, 6.45) is 0.588. The fraction of sp³-hybridized carbons (Fsp3) is 0.240. The van der Waals surface area contributed by atoms with Crippen LogP contribution in [0.5, 0.6) is 5.75 Å². The largest absolute Gasteiger partial charge is 0.497 e. The number of benzene rings is 2. The molecular formula is C25H23N3O5. The topological polar surface area (TPSA) is 102 Å². The van der Waals surface area contributed by atoms with Gasteiger partial charge in [-0.3, -0.25) is 19.1 Å². The average molecular weight is 445 g/mol. The first-order valence-electron chi connectivity index (χ1n) is 10.7. The zero-order valence-electron chi connectivity index (χ0n) is 18.3. The highest BCUT2D eigenvalue weighted by Gasteiger charge is 2.42. The van der Waals surface area contributed by atoms with Gasteiger partial charge < -0.3 is 14.8 Å². The number of nitrogens with zero attached hydrogens (tertiary/aromatic N) is 1. The van der Waals surface area contributed by atoms with Crippen molar-refractivity contribution in [2.45, 2.75) is 18.9 Å². The number of carbonyl (C=O) groups excluding carboxylic acids is 1. The minimum Gasteiger partial charge on any atom is -0.497 e. The molecule has 0 saturated heterocycles. The molecule has 1 aliphatic carbocycles. The predicted molar refractivity (Wildman–Crippen MR) is 124 cm³/mol. The number of H-pyrrole nitrogens is 1. The number of methoxy groups -OCH3 is 2. The van der Waals surface area contributed by atoms with Crippen LogP contribution < -0.4 is 21.3 Å². The van der Waals surface area contributed by atoms with Gasteiger partial charge in [0.2, 0.25) is 0 Å². The number of carbonyl (C=O) groups is 1. The summed E-state index contributed by atoms with van der Waals surface area (Å²) >= 11 is 0. The molecule has 8 nitrogen and oxygen atoms in total. The number of fused-ring (bicyclic) bond motifs is 3. The lowest BCUT2D eigenvalue weighted by atomic mass is 9.81. The van der Waals surface area contributed by atoms with Gasteiger partial charge in [0, 0.05) is 42.9 Å². The lowest BCUT2D eigenvalue weighted by molar-refractivity contribution is 0.103. The molecule has 2 N–H and O–H groups in total. The molecule has 0 bridgehead atoms. The molecule has 2 aromatic carbocycles. The van der Waals surface area contributed by atoms with Crippen molar-refractivity contribution >= 4 is 17.3 Å². The van der Waals surface area contributed by atoms with E-state index in [0.717, 1.165) is 11.1 Å². The summed E-state index contributed by atoms with van der Waals surface area (Å²) in [4.78, 5) is 41.9. The van der Waals surface area contributed by atoms with Gasteiger partial charge in [-0.05, 0) is 24.1 Å². The van der Waals surface area contributed by atoms with E-state index in [1.54, 1.807) is 32.4 Å². The van der Waals surface area contributed by atoms with E-state index in [0.29, 0.717) is 53.5 Å². The molecule has 1 aliphatic heterocycles. The summed E-state index contributed by atoms with van der Waals surface area (Å²) in [7, 11) is 3.18. The van der Waals surface area contributed by atoms with Crippen LogP contribution >= 0.6 is 0 Å². The number of hydrogen-bond donors (Lipinski definition) is 2. The standard InChI is InChI=1S/C25H23N3O5/c1-32-13-5-12-28-23-20(24(30)27-25(28)31)18(14-8-10-15(33-2)11-9-14)19-21(26-23)16-6-3-4-7-17(16)22(19)29/h3-4,6-11,18,26H,5,12-13H2,1-2H3,(H,27,30,31)/t18-/m0/s1. The van der Waals surface area contributed by atoms with Gasteiger partial charge in [0.25, 0.3) is 5.56 Å². The molecule has 168 valence electrons. The maximum atomic E-state index is 13.5. The van der Waals surface area contributed by atoms with Crippen LogP contribution in [0.25, 0.3) is 5.70 Å². The maximum Gasteiger partial charge on any atom is 0.329 e. The monoisotopic (exact) mass is 445 g/mol. The van der Waals surface area contributed by atoms with E-state index in [1.165, 1.54) is 4.57 Å². The number of aromatic nitrogens is 2. The Labute approximate surface area is 189 Å². The molecule has 33 heavy (non-hydrogen) atoms. The van der Waals surface area contributed by atoms with Gasteiger partial charge in [0.15, 0.2) is 5.78 Å². The Morgan fingerprint density at radius 3 is 2.39 bits per heavy atom. The third-order valence-electron chi connectivity index (χ3n) is 6.19. The van der Waals surface area contributed by atoms with Crippen molar-refractivity contribution in [2.24, 2.45) is 0 Å². The normalized spacial score (nSPS) is 16.2. The molecule has 0 radical (unpaired) electrons. The molecule has 0 amide bonds. The Hall–Kier alpha value is -3.91. The lowest BCUT2D eigenvalue weighted by Crippen LogP contribution is -2.38. The van der Waals surface area contributed by atoms with Gasteiger partial charge in [-0.25, -0.2) is 4.79 Å². The number of ketones is 1. The second-order valence-electron chi connectivity index (χ2n) is 8.01. The SMILES string of the molecule is COCCCn1c2c(c(=O)[nH]c1=O)[C@@H](c1ccc(OC)cc1)C1=C(N2)c2ccccc2C1=O. The summed E-state index contributed by atoms with van der Waals surface area (Å²) in [5, 5.41) is 3.28. The first-order chi connectivity index (χ1) is 16.0. The van der Waals surface area contributed by atoms with Gasteiger partial charge in [-0.2, -0.15) is 0 Å². The van der Waals surface area contributed by atoms with Gasteiger partial charge in [-0.15, -0.1) is 0 Å². The number of ether oxygens (including phenoxy) is 2. The maximum absolute atomic E-state index is 13.5. The summed E-state index contributed by atoms with van der Waals surface area (Å²) in [6, 6.07) is 14.6. The molecule has 5 rings (SSSR count). The number of Topliss-reactive ketones (excluding diaryl/α,β-unsaturated/α-hetero) is 1. The zero-order valence-corrected chi connectivity index (χ0v) is 18.3. The van der Waals surface area contributed by atoms with E-state index in [9.17, 15) is 14.4 Å². The van der Waals surface area contributed by atoms with Crippen molar-refractivity contribution in [2.75, 3.05) is 26.1 Å². The molecule has 1 aromatic heterocycles. The second kappa shape index (κ2) is 8.22. The Kier molecular flexibility index (Phi) is 5.22. The lowest BCUT2D eigenvalue weighted by Gasteiger charge is -2.29. The van der Waals surface area contributed by atoms with Crippen LogP contribution in [0.2, 0.25) is 0 Å². The number of anilines is 1. The highest BCUT2D eigenvalue weighted by Crippen LogP contribution is 2.47. The van der Waals surface area contributed by atoms with E-state index in [4.69, 9.17) is 9.47 Å². The first-order valence-corrected chi connectivity index (χ1v) is 10.7. The van der Waals surface area contributed by atoms with Gasteiger partial charge >= 0.3 is 5.69 Å². The van der Waals surface area contributed by atoms with E-state index in [2.05, 4.69) is 10.3 Å². The van der Waals surface area contributed by atoms with Crippen molar-refractivity contribution < 1.29 is 14.3 Å². The van der Waals surface area contributed by atoms with Crippen molar-refractivity contribution in [3.63, 3.8) is 0 Å². The molecule has 0 spiro atoms. The summed E-state index contributed by atoms with van der Waals surface area (Å²) < 4.78 is 11.9. The fourth-order valence-corrected chi connectivity index (χ4v) is 4.67. The van der Waals surface area contributed by atoms with Crippen LogP contribution in [-0.2, 0) is 11.3 Å². The van der Waals surface area contributed by atoms with E-state index >= 15 is 0 Å². The summed E-state index contributed by atoms with van der Waals surface area (Å²) in [5.41, 5.74) is 2.57. The van der Waals surface area contributed by atoms with E-state index in [1.807, 2.05) is 30.3 Å².